The number of anilines is 1. The third-order valence-electron chi connectivity index (χ3n) is 1.23. The smallest absolute Gasteiger partial charge is 0.255 e. The van der Waals surface area contributed by atoms with Crippen LogP contribution >= 0.6 is 15.9 Å². The predicted octanol–water partition coefficient (Wildman–Crippen LogP) is 2.66. The van der Waals surface area contributed by atoms with Gasteiger partial charge in [-0.2, -0.15) is 0 Å². The van der Waals surface area contributed by atoms with Crippen LogP contribution < -0.4 is 5.32 Å². The van der Waals surface area contributed by atoms with E-state index in [1.54, 1.807) is 0 Å². The molecule has 0 bridgehead atoms. The van der Waals surface area contributed by atoms with Gasteiger partial charge in [-0.1, -0.05) is 0 Å². The summed E-state index contributed by atoms with van der Waals surface area (Å²) >= 11 is 3.00. The summed E-state index contributed by atoms with van der Waals surface area (Å²) in [4.78, 5) is 3.58. The number of rotatable bonds is 3. The first-order chi connectivity index (χ1) is 6.09. The van der Waals surface area contributed by atoms with Crippen LogP contribution in [0.1, 0.15) is 0 Å². The van der Waals surface area contributed by atoms with Crippen LogP contribution in [0.15, 0.2) is 16.7 Å². The lowest BCUT2D eigenvalue weighted by Crippen LogP contribution is -2.12. The van der Waals surface area contributed by atoms with Gasteiger partial charge in [0.15, 0.2) is 11.6 Å². The van der Waals surface area contributed by atoms with E-state index in [9.17, 15) is 13.2 Å². The number of hydrogen-bond donors (Lipinski definition) is 1. The highest BCUT2D eigenvalue weighted by Crippen LogP contribution is 2.15. The van der Waals surface area contributed by atoms with Gasteiger partial charge in [0.2, 0.25) is 0 Å². The third-order valence-corrected chi connectivity index (χ3v) is 1.67. The van der Waals surface area contributed by atoms with Crippen molar-refractivity contribution in [3.8, 4) is 0 Å². The van der Waals surface area contributed by atoms with Gasteiger partial charge in [-0.25, -0.2) is 18.2 Å². The molecule has 1 aromatic rings. The standard InChI is InChI=1S/C7H6BrF3N2/c8-4-1-5(9)7(12-2-4)13-3-6(10)11/h1-2,6H,3H2,(H,12,13). The number of hydrogen-bond acceptors (Lipinski definition) is 2. The molecule has 1 aromatic heterocycles. The van der Waals surface area contributed by atoms with Crippen LogP contribution in [-0.2, 0) is 0 Å². The zero-order valence-electron chi connectivity index (χ0n) is 6.40. The van der Waals surface area contributed by atoms with Gasteiger partial charge in [-0.15, -0.1) is 0 Å². The normalized spacial score (nSPS) is 10.5. The summed E-state index contributed by atoms with van der Waals surface area (Å²) in [5.74, 6) is -0.821. The molecule has 0 saturated heterocycles. The Morgan fingerprint density at radius 1 is 1.54 bits per heavy atom. The summed E-state index contributed by atoms with van der Waals surface area (Å²) in [5.41, 5.74) is 0. The van der Waals surface area contributed by atoms with E-state index in [4.69, 9.17) is 0 Å². The quantitative estimate of drug-likeness (QED) is 0.898. The summed E-state index contributed by atoms with van der Waals surface area (Å²) in [6.45, 7) is -0.606. The number of nitrogens with zero attached hydrogens (tertiary/aromatic N) is 1. The van der Waals surface area contributed by atoms with Gasteiger partial charge in [0.25, 0.3) is 6.43 Å². The number of halogens is 4. The first-order valence-corrected chi connectivity index (χ1v) is 4.22. The molecule has 0 fully saturated rings. The van der Waals surface area contributed by atoms with Gasteiger partial charge in [0.05, 0.1) is 6.54 Å². The van der Waals surface area contributed by atoms with E-state index in [0.29, 0.717) is 4.47 Å². The van der Waals surface area contributed by atoms with Gasteiger partial charge < -0.3 is 5.32 Å². The van der Waals surface area contributed by atoms with Crippen molar-refractivity contribution >= 4 is 21.7 Å². The molecule has 1 N–H and O–H groups in total. The zero-order chi connectivity index (χ0) is 9.84. The Morgan fingerprint density at radius 3 is 2.77 bits per heavy atom. The van der Waals surface area contributed by atoms with Crippen molar-refractivity contribution < 1.29 is 13.2 Å². The molecular weight excluding hydrogens is 249 g/mol. The fourth-order valence-electron chi connectivity index (χ4n) is 0.718. The Labute approximate surface area is 81.3 Å². The molecule has 0 aliphatic rings. The van der Waals surface area contributed by atoms with Crippen molar-refractivity contribution in [2.24, 2.45) is 0 Å². The molecule has 6 heteroatoms. The summed E-state index contributed by atoms with van der Waals surface area (Å²) in [5, 5.41) is 2.18. The molecule has 1 rings (SSSR count). The summed E-state index contributed by atoms with van der Waals surface area (Å²) < 4.78 is 36.8. The maximum absolute atomic E-state index is 12.9. The van der Waals surface area contributed by atoms with E-state index in [-0.39, 0.29) is 5.82 Å². The second kappa shape index (κ2) is 4.45. The molecule has 0 spiro atoms. The Balaban J connectivity index is 2.67. The van der Waals surface area contributed by atoms with Crippen molar-refractivity contribution in [1.82, 2.24) is 4.98 Å². The van der Waals surface area contributed by atoms with E-state index in [1.807, 2.05) is 0 Å². The average Bonchev–Trinajstić information content (AvgIpc) is 2.02. The lowest BCUT2D eigenvalue weighted by atomic mass is 10.4. The molecule has 2 nitrogen and oxygen atoms in total. The molecule has 0 aromatic carbocycles. The first kappa shape index (κ1) is 10.3. The van der Waals surface area contributed by atoms with E-state index >= 15 is 0 Å². The van der Waals surface area contributed by atoms with Crippen molar-refractivity contribution in [3.63, 3.8) is 0 Å². The van der Waals surface area contributed by atoms with E-state index < -0.39 is 18.8 Å². The van der Waals surface area contributed by atoms with Crippen molar-refractivity contribution in [2.45, 2.75) is 6.43 Å². The Morgan fingerprint density at radius 2 is 2.23 bits per heavy atom. The van der Waals surface area contributed by atoms with Crippen LogP contribution in [0.25, 0.3) is 0 Å². The predicted molar refractivity (Wildman–Crippen MR) is 46.4 cm³/mol. The van der Waals surface area contributed by atoms with E-state index in [1.165, 1.54) is 6.20 Å². The van der Waals surface area contributed by atoms with Crippen LogP contribution in [0.5, 0.6) is 0 Å². The van der Waals surface area contributed by atoms with E-state index in [2.05, 4.69) is 26.2 Å². The van der Waals surface area contributed by atoms with Crippen molar-refractivity contribution in [2.75, 3.05) is 11.9 Å². The monoisotopic (exact) mass is 254 g/mol. The Hall–Kier alpha value is -0.780. The van der Waals surface area contributed by atoms with Crippen LogP contribution in [0.4, 0.5) is 19.0 Å². The van der Waals surface area contributed by atoms with Crippen molar-refractivity contribution in [1.29, 1.82) is 0 Å². The SMILES string of the molecule is Fc1cc(Br)cnc1NCC(F)F. The summed E-state index contributed by atoms with van der Waals surface area (Å²) in [6.07, 6.45) is -1.19. The van der Waals surface area contributed by atoms with Gasteiger partial charge in [0, 0.05) is 10.7 Å². The molecule has 72 valence electrons. The van der Waals surface area contributed by atoms with Crippen LogP contribution in [0.2, 0.25) is 0 Å². The van der Waals surface area contributed by atoms with Gasteiger partial charge in [0.1, 0.15) is 0 Å². The minimum atomic E-state index is -2.52. The summed E-state index contributed by atoms with van der Waals surface area (Å²) in [7, 11) is 0. The highest BCUT2D eigenvalue weighted by atomic mass is 79.9. The molecule has 13 heavy (non-hydrogen) atoms. The fourth-order valence-corrected chi connectivity index (χ4v) is 1.02. The lowest BCUT2D eigenvalue weighted by Gasteiger charge is -2.05. The highest BCUT2D eigenvalue weighted by molar-refractivity contribution is 9.10. The number of alkyl halides is 2. The molecule has 0 amide bonds. The minimum absolute atomic E-state index is 0.163. The average molecular weight is 255 g/mol. The topological polar surface area (TPSA) is 24.9 Å². The Kier molecular flexibility index (Phi) is 3.53. The molecule has 0 radical (unpaired) electrons. The minimum Gasteiger partial charge on any atom is -0.362 e. The Bertz CT molecular complexity index is 293. The maximum Gasteiger partial charge on any atom is 0.255 e. The number of nitrogens with one attached hydrogen (secondary N) is 1. The van der Waals surface area contributed by atoms with E-state index in [0.717, 1.165) is 6.07 Å². The highest BCUT2D eigenvalue weighted by Gasteiger charge is 2.06. The first-order valence-electron chi connectivity index (χ1n) is 3.42. The molecule has 0 aliphatic heterocycles. The van der Waals surface area contributed by atoms with Gasteiger partial charge in [-0.05, 0) is 22.0 Å². The van der Waals surface area contributed by atoms with Crippen LogP contribution in [0.3, 0.4) is 0 Å². The lowest BCUT2D eigenvalue weighted by molar-refractivity contribution is 0.163. The molecule has 0 saturated carbocycles. The van der Waals surface area contributed by atoms with Gasteiger partial charge in [-0.3, -0.25) is 0 Å². The van der Waals surface area contributed by atoms with Crippen LogP contribution in [0, 0.1) is 5.82 Å². The molecule has 0 aliphatic carbocycles. The second-order valence-electron chi connectivity index (χ2n) is 2.26. The van der Waals surface area contributed by atoms with Gasteiger partial charge >= 0.3 is 0 Å². The van der Waals surface area contributed by atoms with Crippen LogP contribution in [-0.4, -0.2) is 18.0 Å². The molecule has 0 unspecified atom stereocenters. The second-order valence-corrected chi connectivity index (χ2v) is 3.17. The molecule has 1 heterocycles. The fraction of sp³-hybridized carbons (Fsp3) is 0.286. The third kappa shape index (κ3) is 3.22. The maximum atomic E-state index is 12.9. The largest absolute Gasteiger partial charge is 0.362 e. The van der Waals surface area contributed by atoms with Crippen molar-refractivity contribution in [3.05, 3.63) is 22.6 Å². The molecule has 0 atom stereocenters. The number of pyridine rings is 1. The molecular formula is C7H6BrF3N2. The summed E-state index contributed by atoms with van der Waals surface area (Å²) in [6, 6.07) is 1.15. The zero-order valence-corrected chi connectivity index (χ0v) is 7.98. The number of aromatic nitrogens is 1.